The van der Waals surface area contributed by atoms with Crippen LogP contribution in [0.15, 0.2) is 17.5 Å². The van der Waals surface area contributed by atoms with E-state index in [0.29, 0.717) is 28.4 Å². The van der Waals surface area contributed by atoms with E-state index < -0.39 is 0 Å². The van der Waals surface area contributed by atoms with E-state index in [4.69, 9.17) is 5.73 Å². The van der Waals surface area contributed by atoms with Crippen LogP contribution in [0.5, 0.6) is 0 Å². The Kier molecular flexibility index (Phi) is 3.82. The summed E-state index contributed by atoms with van der Waals surface area (Å²) in [7, 11) is 2.00. The molecule has 0 bridgehead atoms. The molecule has 1 aromatic heterocycles. The number of thiazole rings is 1. The van der Waals surface area contributed by atoms with Crippen LogP contribution in [0, 0.1) is 28.6 Å². The smallest absolute Gasteiger partial charge is 0.246 e. The summed E-state index contributed by atoms with van der Waals surface area (Å²) in [5.41, 5.74) is 7.67. The fourth-order valence-corrected chi connectivity index (χ4v) is 8.30. The Labute approximate surface area is 166 Å². The summed E-state index contributed by atoms with van der Waals surface area (Å²) in [5.74, 6) is 2.99. The second kappa shape index (κ2) is 5.82. The molecular formula is C22H31N3OS. The van der Waals surface area contributed by atoms with Gasteiger partial charge in [-0.1, -0.05) is 19.9 Å². The maximum Gasteiger partial charge on any atom is 0.246 e. The summed E-state index contributed by atoms with van der Waals surface area (Å²) in [4.78, 5) is 18.9. The molecule has 27 heavy (non-hydrogen) atoms. The van der Waals surface area contributed by atoms with Gasteiger partial charge in [0.2, 0.25) is 5.91 Å². The number of amides is 1. The van der Waals surface area contributed by atoms with Crippen molar-refractivity contribution in [2.45, 2.75) is 64.3 Å². The number of aromatic nitrogens is 1. The quantitative estimate of drug-likeness (QED) is 0.777. The van der Waals surface area contributed by atoms with Crippen LogP contribution in [0.4, 0.5) is 5.13 Å². The van der Waals surface area contributed by atoms with Crippen LogP contribution < -0.4 is 5.73 Å². The van der Waals surface area contributed by atoms with Crippen LogP contribution in [0.1, 0.15) is 64.0 Å². The van der Waals surface area contributed by atoms with Crippen LogP contribution >= 0.6 is 11.3 Å². The standard InChI is InChI=1S/C22H31N3OS/c1-21-10-8-15-13(4-7-18-22(15,2)11-9-19(26)25(18)3)14(21)5-6-16(21)17-12-27-20(23)24-17/h9,11-16,18H,4-8,10H2,1-3H3,(H2,23,24)/t13?,14-,15?,16+,18+,21-,22+/m0/s1. The summed E-state index contributed by atoms with van der Waals surface area (Å²) in [6.07, 6.45) is 11.6. The van der Waals surface area contributed by atoms with Crippen molar-refractivity contribution in [2.24, 2.45) is 28.6 Å². The lowest BCUT2D eigenvalue weighted by atomic mass is 9.47. The molecule has 1 aromatic rings. The molecule has 2 heterocycles. The number of anilines is 1. The number of rotatable bonds is 1. The van der Waals surface area contributed by atoms with Crippen LogP contribution in [-0.4, -0.2) is 28.9 Å². The Morgan fingerprint density at radius 3 is 2.74 bits per heavy atom. The molecule has 4 aliphatic rings. The molecule has 4 nitrogen and oxygen atoms in total. The molecule has 3 aliphatic carbocycles. The zero-order valence-electron chi connectivity index (χ0n) is 16.6. The van der Waals surface area contributed by atoms with Gasteiger partial charge in [-0.3, -0.25) is 4.79 Å². The van der Waals surface area contributed by atoms with E-state index >= 15 is 0 Å². The first-order chi connectivity index (χ1) is 12.8. The number of carbonyl (C=O) groups is 1. The molecular weight excluding hydrogens is 354 g/mol. The second-order valence-corrected chi connectivity index (χ2v) is 10.8. The molecule has 0 radical (unpaired) electrons. The van der Waals surface area contributed by atoms with Crippen LogP contribution in [0.3, 0.4) is 0 Å². The maximum absolute atomic E-state index is 12.2. The topological polar surface area (TPSA) is 59.2 Å². The van der Waals surface area contributed by atoms with E-state index in [0.717, 1.165) is 18.3 Å². The molecule has 0 spiro atoms. The Morgan fingerprint density at radius 1 is 1.19 bits per heavy atom. The lowest BCUT2D eigenvalue weighted by Crippen LogP contribution is -2.59. The van der Waals surface area contributed by atoms with E-state index in [1.807, 2.05) is 18.0 Å². The molecule has 1 amide bonds. The average Bonchev–Trinajstić information content (AvgIpc) is 3.21. The fourth-order valence-electron chi connectivity index (χ4n) is 7.68. The molecule has 1 aliphatic heterocycles. The summed E-state index contributed by atoms with van der Waals surface area (Å²) in [6.45, 7) is 4.95. The second-order valence-electron chi connectivity index (χ2n) is 9.90. The predicted octanol–water partition coefficient (Wildman–Crippen LogP) is 4.45. The van der Waals surface area contributed by atoms with Gasteiger partial charge in [0, 0.05) is 29.8 Å². The van der Waals surface area contributed by atoms with E-state index in [1.165, 1.54) is 37.8 Å². The normalized spacial score (nSPS) is 46.1. The highest BCUT2D eigenvalue weighted by Gasteiger charge is 2.60. The van der Waals surface area contributed by atoms with Gasteiger partial charge in [-0.2, -0.15) is 0 Å². The van der Waals surface area contributed by atoms with Gasteiger partial charge in [0.1, 0.15) is 0 Å². The first kappa shape index (κ1) is 17.7. The van der Waals surface area contributed by atoms with Crippen molar-refractivity contribution in [2.75, 3.05) is 12.8 Å². The van der Waals surface area contributed by atoms with E-state index in [-0.39, 0.29) is 11.3 Å². The summed E-state index contributed by atoms with van der Waals surface area (Å²) in [5, 5.41) is 2.90. The van der Waals surface area contributed by atoms with E-state index in [1.54, 1.807) is 11.3 Å². The minimum Gasteiger partial charge on any atom is -0.375 e. The van der Waals surface area contributed by atoms with Gasteiger partial charge in [-0.05, 0) is 67.8 Å². The van der Waals surface area contributed by atoms with Crippen molar-refractivity contribution in [3.63, 3.8) is 0 Å². The minimum absolute atomic E-state index is 0.135. The minimum atomic E-state index is 0.135. The molecule has 146 valence electrons. The molecule has 0 saturated heterocycles. The van der Waals surface area contributed by atoms with E-state index in [2.05, 4.69) is 30.3 Å². The number of nitrogen functional groups attached to an aromatic ring is 1. The molecule has 2 N–H and O–H groups in total. The van der Waals surface area contributed by atoms with Crippen molar-refractivity contribution in [1.29, 1.82) is 0 Å². The van der Waals surface area contributed by atoms with Gasteiger partial charge < -0.3 is 10.6 Å². The number of fused-ring (bicyclic) bond motifs is 5. The summed E-state index contributed by atoms with van der Waals surface area (Å²) < 4.78 is 0. The molecule has 5 rings (SSSR count). The number of nitrogens with two attached hydrogens (primary N) is 1. The van der Waals surface area contributed by atoms with Gasteiger partial charge in [-0.15, -0.1) is 11.3 Å². The number of carbonyl (C=O) groups excluding carboxylic acids is 1. The first-order valence-electron chi connectivity index (χ1n) is 10.5. The van der Waals surface area contributed by atoms with Crippen molar-refractivity contribution in [3.05, 3.63) is 23.2 Å². The number of hydrogen-bond donors (Lipinski definition) is 1. The zero-order chi connectivity index (χ0) is 19.0. The third kappa shape index (κ3) is 2.33. The lowest BCUT2D eigenvalue weighted by Gasteiger charge is -2.60. The van der Waals surface area contributed by atoms with Crippen molar-refractivity contribution in [3.8, 4) is 0 Å². The third-order valence-electron chi connectivity index (χ3n) is 9.02. The van der Waals surface area contributed by atoms with Crippen molar-refractivity contribution < 1.29 is 4.79 Å². The Bertz CT molecular complexity index is 803. The zero-order valence-corrected chi connectivity index (χ0v) is 17.5. The summed E-state index contributed by atoms with van der Waals surface area (Å²) in [6, 6.07) is 0.371. The van der Waals surface area contributed by atoms with Gasteiger partial charge >= 0.3 is 0 Å². The van der Waals surface area contributed by atoms with Gasteiger partial charge in [0.15, 0.2) is 5.13 Å². The van der Waals surface area contributed by atoms with E-state index in [9.17, 15) is 4.79 Å². The highest BCUT2D eigenvalue weighted by atomic mass is 32.1. The first-order valence-corrected chi connectivity index (χ1v) is 11.4. The molecule has 3 fully saturated rings. The fraction of sp³-hybridized carbons (Fsp3) is 0.727. The van der Waals surface area contributed by atoms with Crippen LogP contribution in [0.2, 0.25) is 0 Å². The van der Waals surface area contributed by atoms with Gasteiger partial charge in [0.05, 0.1) is 5.69 Å². The molecule has 5 heteroatoms. The van der Waals surface area contributed by atoms with Gasteiger partial charge in [0.25, 0.3) is 0 Å². The number of likely N-dealkylation sites (N-methyl/N-ethyl adjacent to an activating group) is 1. The van der Waals surface area contributed by atoms with Crippen LogP contribution in [-0.2, 0) is 4.79 Å². The van der Waals surface area contributed by atoms with Crippen molar-refractivity contribution >= 4 is 22.4 Å². The molecule has 7 atom stereocenters. The monoisotopic (exact) mass is 385 g/mol. The van der Waals surface area contributed by atoms with Gasteiger partial charge in [-0.25, -0.2) is 4.98 Å². The van der Waals surface area contributed by atoms with Crippen molar-refractivity contribution in [1.82, 2.24) is 9.88 Å². The Balaban J connectivity index is 1.47. The highest BCUT2D eigenvalue weighted by molar-refractivity contribution is 7.13. The molecule has 0 aromatic carbocycles. The average molecular weight is 386 g/mol. The highest BCUT2D eigenvalue weighted by Crippen LogP contribution is 2.67. The third-order valence-corrected chi connectivity index (χ3v) is 9.72. The Morgan fingerprint density at radius 2 is 2.00 bits per heavy atom. The maximum atomic E-state index is 12.2. The molecule has 2 unspecified atom stereocenters. The number of nitrogens with zero attached hydrogens (tertiary/aromatic N) is 2. The van der Waals surface area contributed by atoms with Crippen LogP contribution in [0.25, 0.3) is 0 Å². The largest absolute Gasteiger partial charge is 0.375 e. The SMILES string of the molecule is CN1C(=O)C=C[C@]2(C)C3CC[C@]4(C)[C@@H](c5csc(N)n5)CC[C@H]4C3CC[C@@H]12. The predicted molar refractivity (Wildman–Crippen MR) is 109 cm³/mol. The number of hydrogen-bond acceptors (Lipinski definition) is 4. The molecule has 3 saturated carbocycles. The Hall–Kier alpha value is -1.36. The summed E-state index contributed by atoms with van der Waals surface area (Å²) >= 11 is 1.59. The lowest BCUT2D eigenvalue weighted by molar-refractivity contribution is -0.138.